The molecule has 7 heteroatoms. The van der Waals surface area contributed by atoms with E-state index in [0.717, 1.165) is 5.56 Å². The van der Waals surface area contributed by atoms with Crippen LogP contribution >= 0.6 is 11.6 Å². The summed E-state index contributed by atoms with van der Waals surface area (Å²) in [6.07, 6.45) is 0.241. The van der Waals surface area contributed by atoms with E-state index in [1.54, 1.807) is 37.9 Å². The Hall–Kier alpha value is -2.34. The minimum Gasteiger partial charge on any atom is -0.445 e. The summed E-state index contributed by atoms with van der Waals surface area (Å²) < 4.78 is 5.30. The van der Waals surface area contributed by atoms with Crippen LogP contribution in [0.5, 0.6) is 0 Å². The van der Waals surface area contributed by atoms with Crippen molar-refractivity contribution in [3.63, 3.8) is 0 Å². The van der Waals surface area contributed by atoms with Crippen LogP contribution in [0, 0.1) is 13.8 Å². The molecule has 2 atom stereocenters. The molecule has 1 fully saturated rings. The fourth-order valence-corrected chi connectivity index (χ4v) is 3.22. The van der Waals surface area contributed by atoms with Crippen LogP contribution in [0.3, 0.4) is 0 Å². The fourth-order valence-electron chi connectivity index (χ4n) is 3.09. The molecule has 1 aromatic carbocycles. The van der Waals surface area contributed by atoms with Gasteiger partial charge in [0.25, 0.3) is 5.91 Å². The van der Waals surface area contributed by atoms with Crippen molar-refractivity contribution in [3.05, 3.63) is 52.2 Å². The molecule has 2 heterocycles. The Morgan fingerprint density at radius 2 is 2.00 bits per heavy atom. The summed E-state index contributed by atoms with van der Waals surface area (Å²) in [4.78, 5) is 30.4. The molecule has 0 saturated carbocycles. The molecule has 24 heavy (non-hydrogen) atoms. The van der Waals surface area contributed by atoms with Crippen molar-refractivity contribution in [2.45, 2.75) is 32.4 Å². The van der Waals surface area contributed by atoms with Gasteiger partial charge < -0.3 is 14.6 Å². The molecular weight excluding hydrogens is 330 g/mol. The Morgan fingerprint density at radius 1 is 1.33 bits per heavy atom. The second kappa shape index (κ2) is 6.28. The van der Waals surface area contributed by atoms with Crippen molar-refractivity contribution in [2.75, 3.05) is 7.05 Å². The average molecular weight is 348 g/mol. The Bertz CT molecular complexity index is 785. The van der Waals surface area contributed by atoms with Crippen molar-refractivity contribution < 1.29 is 14.0 Å². The first-order valence-corrected chi connectivity index (χ1v) is 8.00. The van der Waals surface area contributed by atoms with E-state index < -0.39 is 0 Å². The number of hydrogen-bond acceptors (Lipinski definition) is 4. The van der Waals surface area contributed by atoms with Gasteiger partial charge in [0.1, 0.15) is 5.76 Å². The third-order valence-electron chi connectivity index (χ3n) is 4.23. The predicted molar refractivity (Wildman–Crippen MR) is 88.8 cm³/mol. The van der Waals surface area contributed by atoms with Gasteiger partial charge in [-0.1, -0.05) is 23.7 Å². The molecule has 1 aliphatic rings. The minimum atomic E-state index is -0.340. The zero-order chi connectivity index (χ0) is 17.4. The van der Waals surface area contributed by atoms with Crippen molar-refractivity contribution in [1.82, 2.24) is 15.2 Å². The highest BCUT2D eigenvalue weighted by molar-refractivity contribution is 6.30. The minimum absolute atomic E-state index is 0.0201. The van der Waals surface area contributed by atoms with Crippen molar-refractivity contribution in [3.8, 4) is 0 Å². The van der Waals surface area contributed by atoms with Gasteiger partial charge in [0.15, 0.2) is 11.6 Å². The molecule has 0 bridgehead atoms. The summed E-state index contributed by atoms with van der Waals surface area (Å²) >= 11 is 5.93. The highest BCUT2D eigenvalue weighted by Gasteiger charge is 2.39. The maximum atomic E-state index is 12.5. The summed E-state index contributed by atoms with van der Waals surface area (Å²) in [6.45, 7) is 3.38. The van der Waals surface area contributed by atoms with Gasteiger partial charge in [-0.3, -0.25) is 9.59 Å². The largest absolute Gasteiger partial charge is 0.445 e. The number of halogens is 1. The molecular formula is C17H18ClN3O3. The molecule has 2 amide bonds. The van der Waals surface area contributed by atoms with Gasteiger partial charge >= 0.3 is 0 Å². The van der Waals surface area contributed by atoms with Crippen LogP contribution < -0.4 is 5.32 Å². The number of likely N-dealkylation sites (N-methyl/N-ethyl adjacent to an activating group) is 1. The maximum absolute atomic E-state index is 12.5. The van der Waals surface area contributed by atoms with Crippen LogP contribution in [0.2, 0.25) is 5.02 Å². The number of nitrogens with zero attached hydrogens (tertiary/aromatic N) is 2. The third-order valence-corrected chi connectivity index (χ3v) is 4.48. The van der Waals surface area contributed by atoms with Gasteiger partial charge in [-0.15, -0.1) is 0 Å². The van der Waals surface area contributed by atoms with Crippen molar-refractivity contribution in [2.24, 2.45) is 0 Å². The van der Waals surface area contributed by atoms with Crippen molar-refractivity contribution >= 4 is 23.4 Å². The number of aryl methyl sites for hydroxylation is 2. The van der Waals surface area contributed by atoms with Gasteiger partial charge in [-0.05, 0) is 24.6 Å². The molecule has 0 aliphatic carbocycles. The quantitative estimate of drug-likeness (QED) is 0.926. The molecule has 1 N–H and O–H groups in total. The molecule has 0 radical (unpaired) electrons. The number of carbonyl (C=O) groups excluding carboxylic acids is 2. The first kappa shape index (κ1) is 16.5. The van der Waals surface area contributed by atoms with Gasteiger partial charge in [-0.25, -0.2) is 4.98 Å². The van der Waals surface area contributed by atoms with Crippen LogP contribution in [-0.2, 0) is 4.79 Å². The highest BCUT2D eigenvalue weighted by Crippen LogP contribution is 2.32. The standard InChI is InChI=1S/C17H18ClN3O3/c1-9-15(19-10(2)24-9)17(23)20-13-8-14(22)21(3)16(13)11-4-6-12(18)7-5-11/h4-7,13,16H,8H2,1-3H3,(H,20,23)/t13-,16-/m1/s1. The van der Waals surface area contributed by atoms with E-state index in [0.29, 0.717) is 16.7 Å². The zero-order valence-electron chi connectivity index (χ0n) is 13.7. The van der Waals surface area contributed by atoms with E-state index in [2.05, 4.69) is 10.3 Å². The van der Waals surface area contributed by atoms with Crippen LogP contribution in [0.15, 0.2) is 28.7 Å². The maximum Gasteiger partial charge on any atom is 0.273 e. The number of rotatable bonds is 3. The first-order chi connectivity index (χ1) is 11.4. The lowest BCUT2D eigenvalue weighted by molar-refractivity contribution is -0.127. The van der Waals surface area contributed by atoms with Gasteiger partial charge in [0.05, 0.1) is 12.1 Å². The normalized spacial score (nSPS) is 20.5. The van der Waals surface area contributed by atoms with Crippen LogP contribution in [-0.4, -0.2) is 34.8 Å². The zero-order valence-corrected chi connectivity index (χ0v) is 14.4. The summed E-state index contributed by atoms with van der Waals surface area (Å²) in [5.74, 6) is 0.543. The fraction of sp³-hybridized carbons (Fsp3) is 0.353. The molecule has 0 spiro atoms. The SMILES string of the molecule is Cc1nc(C(=O)N[C@@H]2CC(=O)N(C)[C@@H]2c2ccc(Cl)cc2)c(C)o1. The van der Waals surface area contributed by atoms with Crippen LogP contribution in [0.25, 0.3) is 0 Å². The Morgan fingerprint density at radius 3 is 2.58 bits per heavy atom. The number of carbonyl (C=O) groups is 2. The predicted octanol–water partition coefficient (Wildman–Crippen LogP) is 2.65. The highest BCUT2D eigenvalue weighted by atomic mass is 35.5. The Kier molecular flexibility index (Phi) is 4.32. The molecule has 1 saturated heterocycles. The lowest BCUT2D eigenvalue weighted by Gasteiger charge is -2.26. The lowest BCUT2D eigenvalue weighted by Crippen LogP contribution is -2.39. The van der Waals surface area contributed by atoms with E-state index in [9.17, 15) is 9.59 Å². The first-order valence-electron chi connectivity index (χ1n) is 7.63. The van der Waals surface area contributed by atoms with E-state index in [1.807, 2.05) is 12.1 Å². The smallest absolute Gasteiger partial charge is 0.273 e. The van der Waals surface area contributed by atoms with E-state index in [4.69, 9.17) is 16.0 Å². The Balaban J connectivity index is 1.85. The van der Waals surface area contributed by atoms with Crippen LogP contribution in [0.1, 0.15) is 40.2 Å². The number of aromatic nitrogens is 1. The number of amides is 2. The van der Waals surface area contributed by atoms with E-state index in [1.165, 1.54) is 0 Å². The summed E-state index contributed by atoms with van der Waals surface area (Å²) in [5.41, 5.74) is 1.18. The molecule has 6 nitrogen and oxygen atoms in total. The lowest BCUT2D eigenvalue weighted by atomic mass is 10.00. The van der Waals surface area contributed by atoms with Gasteiger partial charge in [0, 0.05) is 25.4 Å². The summed E-state index contributed by atoms with van der Waals surface area (Å²) in [6, 6.07) is 6.70. The number of hydrogen-bond donors (Lipinski definition) is 1. The van der Waals surface area contributed by atoms with Gasteiger partial charge in [0.2, 0.25) is 5.91 Å². The third kappa shape index (κ3) is 3.01. The number of likely N-dealkylation sites (tertiary alicyclic amines) is 1. The number of benzene rings is 1. The molecule has 0 unspecified atom stereocenters. The average Bonchev–Trinajstić information content (AvgIpc) is 3.00. The monoisotopic (exact) mass is 347 g/mol. The topological polar surface area (TPSA) is 75.4 Å². The number of oxazole rings is 1. The second-order valence-electron chi connectivity index (χ2n) is 5.92. The van der Waals surface area contributed by atoms with Crippen molar-refractivity contribution in [1.29, 1.82) is 0 Å². The van der Waals surface area contributed by atoms with E-state index >= 15 is 0 Å². The molecule has 126 valence electrons. The number of nitrogens with one attached hydrogen (secondary N) is 1. The second-order valence-corrected chi connectivity index (χ2v) is 6.36. The summed E-state index contributed by atoms with van der Waals surface area (Å²) in [7, 11) is 1.74. The molecule has 1 aliphatic heterocycles. The summed E-state index contributed by atoms with van der Waals surface area (Å²) in [5, 5.41) is 3.54. The van der Waals surface area contributed by atoms with E-state index in [-0.39, 0.29) is 36.0 Å². The molecule has 2 aromatic rings. The van der Waals surface area contributed by atoms with Crippen LogP contribution in [0.4, 0.5) is 0 Å². The van der Waals surface area contributed by atoms with Gasteiger partial charge in [-0.2, -0.15) is 0 Å². The Labute approximate surface area is 144 Å². The molecule has 3 rings (SSSR count). The molecule has 1 aromatic heterocycles.